The Balaban J connectivity index is 2.29. The van der Waals surface area contributed by atoms with Gasteiger partial charge in [0, 0.05) is 43.0 Å². The first kappa shape index (κ1) is 14.7. The summed E-state index contributed by atoms with van der Waals surface area (Å²) in [6, 6.07) is 8.97. The number of hydrogen-bond donors (Lipinski definition) is 0. The average molecular weight is 285 g/mol. The summed E-state index contributed by atoms with van der Waals surface area (Å²) < 4.78 is 0. The van der Waals surface area contributed by atoms with Gasteiger partial charge < -0.3 is 0 Å². The summed E-state index contributed by atoms with van der Waals surface area (Å²) in [5.41, 5.74) is 1.30. The number of nitrogens with zero attached hydrogens (tertiary/aromatic N) is 3. The van der Waals surface area contributed by atoms with Gasteiger partial charge in [-0.15, -0.1) is 0 Å². The Morgan fingerprint density at radius 3 is 2.95 bits per heavy atom. The summed E-state index contributed by atoms with van der Waals surface area (Å²) in [7, 11) is 0. The van der Waals surface area contributed by atoms with E-state index in [1.165, 1.54) is 12.1 Å². The van der Waals surface area contributed by atoms with E-state index in [4.69, 9.17) is 0 Å². The van der Waals surface area contributed by atoms with Crippen molar-refractivity contribution in [3.63, 3.8) is 0 Å². The number of carbonyl (C=O) groups excluding carboxylic acids is 1. The van der Waals surface area contributed by atoms with Crippen molar-refractivity contribution in [3.05, 3.63) is 39.9 Å². The van der Waals surface area contributed by atoms with Crippen molar-refractivity contribution in [1.29, 1.82) is 0 Å². The molecule has 0 aromatic heterocycles. The second kappa shape index (κ2) is 6.66. The molecule has 1 aromatic carbocycles. The zero-order valence-corrected chi connectivity index (χ0v) is 11.7. The maximum atomic E-state index is 11.7. The Bertz CT molecular complexity index is 656. The van der Waals surface area contributed by atoms with Crippen molar-refractivity contribution >= 4 is 17.3 Å². The second-order valence-electron chi connectivity index (χ2n) is 4.60. The molecule has 0 bridgehead atoms. The van der Waals surface area contributed by atoms with Gasteiger partial charge in [0.2, 0.25) is 0 Å². The molecule has 0 radical (unpaired) electrons. The van der Waals surface area contributed by atoms with Gasteiger partial charge in [-0.2, -0.15) is 10.1 Å². The van der Waals surface area contributed by atoms with Gasteiger partial charge in [0.1, 0.15) is 0 Å². The number of carbonyl (C=O) groups is 1. The number of hydrazone groups is 1. The Morgan fingerprint density at radius 1 is 1.43 bits per heavy atom. The highest BCUT2D eigenvalue weighted by atomic mass is 16.6. The highest BCUT2D eigenvalue weighted by molar-refractivity contribution is 6.04. The first-order valence-electron chi connectivity index (χ1n) is 6.75. The minimum atomic E-state index is -0.448. The Morgan fingerprint density at radius 2 is 2.24 bits per heavy atom. The van der Waals surface area contributed by atoms with E-state index in [9.17, 15) is 14.9 Å². The summed E-state index contributed by atoms with van der Waals surface area (Å²) in [6.45, 7) is 2.00. The monoisotopic (exact) mass is 285 g/mol. The summed E-state index contributed by atoms with van der Waals surface area (Å²) >= 11 is 0. The van der Waals surface area contributed by atoms with E-state index in [2.05, 4.69) is 17.1 Å². The van der Waals surface area contributed by atoms with Crippen molar-refractivity contribution in [1.82, 2.24) is 5.01 Å². The van der Waals surface area contributed by atoms with Gasteiger partial charge in [0.05, 0.1) is 10.6 Å². The molecule has 0 aliphatic carbocycles. The van der Waals surface area contributed by atoms with E-state index in [1.54, 1.807) is 12.1 Å². The van der Waals surface area contributed by atoms with Gasteiger partial charge in [-0.1, -0.05) is 25.0 Å². The highest BCUT2D eigenvalue weighted by Crippen LogP contribution is 2.19. The molecule has 2 rings (SSSR count). The number of rotatable bonds is 3. The molecule has 6 heteroatoms. The molecule has 21 heavy (non-hydrogen) atoms. The molecule has 0 spiro atoms. The van der Waals surface area contributed by atoms with E-state index in [1.807, 2.05) is 6.92 Å². The van der Waals surface area contributed by atoms with Crippen LogP contribution in [-0.4, -0.2) is 21.6 Å². The van der Waals surface area contributed by atoms with Crippen LogP contribution in [0.5, 0.6) is 0 Å². The van der Waals surface area contributed by atoms with Crippen LogP contribution in [-0.2, 0) is 4.79 Å². The van der Waals surface area contributed by atoms with E-state index >= 15 is 0 Å². The van der Waals surface area contributed by atoms with Crippen LogP contribution < -0.4 is 0 Å². The first-order valence-corrected chi connectivity index (χ1v) is 6.75. The van der Waals surface area contributed by atoms with Gasteiger partial charge in [-0.25, -0.2) is 0 Å². The third-order valence-corrected chi connectivity index (χ3v) is 2.98. The van der Waals surface area contributed by atoms with Crippen LogP contribution in [0.15, 0.2) is 29.4 Å². The third-order valence-electron chi connectivity index (χ3n) is 2.98. The highest BCUT2D eigenvalue weighted by Gasteiger charge is 2.21. The Hall–Kier alpha value is -2.68. The van der Waals surface area contributed by atoms with Crippen LogP contribution in [0.4, 0.5) is 5.69 Å². The van der Waals surface area contributed by atoms with E-state index < -0.39 is 4.92 Å². The summed E-state index contributed by atoms with van der Waals surface area (Å²) in [6.07, 6.45) is 2.39. The van der Waals surface area contributed by atoms with Crippen molar-refractivity contribution in [2.24, 2.45) is 5.10 Å². The SMILES string of the molecule is CCCC#CN1N=C(c2cccc([N+](=O)[O-])c2)CCC1=O. The number of unbranched alkanes of at least 4 members (excludes halogenated alkanes) is 1. The number of hydrogen-bond acceptors (Lipinski definition) is 4. The summed E-state index contributed by atoms with van der Waals surface area (Å²) in [5, 5.41) is 16.2. The number of benzene rings is 1. The molecule has 0 fully saturated rings. The largest absolute Gasteiger partial charge is 0.272 e. The molecule has 6 nitrogen and oxygen atoms in total. The molecule has 1 heterocycles. The van der Waals surface area contributed by atoms with Crippen LogP contribution in [0.3, 0.4) is 0 Å². The van der Waals surface area contributed by atoms with Gasteiger partial charge in [0.15, 0.2) is 0 Å². The molecule has 0 saturated heterocycles. The quantitative estimate of drug-likeness (QED) is 0.486. The molecular formula is C15H15N3O3. The van der Waals surface area contributed by atoms with Crippen LogP contribution in [0, 0.1) is 22.1 Å². The van der Waals surface area contributed by atoms with Crippen LogP contribution >= 0.6 is 0 Å². The fourth-order valence-electron chi connectivity index (χ4n) is 1.90. The second-order valence-corrected chi connectivity index (χ2v) is 4.60. The molecule has 1 amide bonds. The predicted octanol–water partition coefficient (Wildman–Crippen LogP) is 2.68. The smallest absolute Gasteiger partial charge is 0.270 e. The molecule has 0 saturated carbocycles. The van der Waals surface area contributed by atoms with Gasteiger partial charge >= 0.3 is 0 Å². The molecule has 0 N–H and O–H groups in total. The molecule has 1 aliphatic heterocycles. The van der Waals surface area contributed by atoms with Crippen LogP contribution in [0.2, 0.25) is 0 Å². The van der Waals surface area contributed by atoms with E-state index in [0.29, 0.717) is 30.5 Å². The number of nitro benzene ring substituents is 1. The summed E-state index contributed by atoms with van der Waals surface area (Å²) in [5.74, 6) is 2.73. The van der Waals surface area contributed by atoms with Crippen LogP contribution in [0.25, 0.3) is 0 Å². The Labute approximate surface area is 122 Å². The lowest BCUT2D eigenvalue weighted by Gasteiger charge is -2.18. The van der Waals surface area contributed by atoms with Gasteiger partial charge in [-0.05, 0) is 6.42 Å². The standard InChI is InChI=1S/C15H15N3O3/c1-2-3-4-10-17-15(19)9-8-14(16-17)12-6-5-7-13(11-12)18(20)21/h5-7,11H,2-3,8-9H2,1H3. The van der Waals surface area contributed by atoms with Crippen molar-refractivity contribution in [3.8, 4) is 12.0 Å². The first-order chi connectivity index (χ1) is 10.1. The van der Waals surface area contributed by atoms with Crippen molar-refractivity contribution in [2.45, 2.75) is 32.6 Å². The molecule has 0 atom stereocenters. The maximum Gasteiger partial charge on any atom is 0.270 e. The van der Waals surface area contributed by atoms with Gasteiger partial charge in [-0.3, -0.25) is 14.9 Å². The minimum Gasteiger partial charge on any atom is -0.272 e. The number of non-ortho nitro benzene ring substituents is 1. The lowest BCUT2D eigenvalue weighted by molar-refractivity contribution is -0.384. The van der Waals surface area contributed by atoms with E-state index in [-0.39, 0.29) is 11.6 Å². The molecule has 0 unspecified atom stereocenters. The fourth-order valence-corrected chi connectivity index (χ4v) is 1.90. The van der Waals surface area contributed by atoms with Gasteiger partial charge in [0.25, 0.3) is 11.6 Å². The zero-order valence-electron chi connectivity index (χ0n) is 11.7. The predicted molar refractivity (Wildman–Crippen MR) is 78.4 cm³/mol. The average Bonchev–Trinajstić information content (AvgIpc) is 2.49. The molecular weight excluding hydrogens is 270 g/mol. The molecule has 1 aliphatic rings. The number of nitro groups is 1. The fraction of sp³-hybridized carbons (Fsp3) is 0.333. The summed E-state index contributed by atoms with van der Waals surface area (Å²) in [4.78, 5) is 22.1. The lowest BCUT2D eigenvalue weighted by atomic mass is 10.0. The maximum absolute atomic E-state index is 11.7. The third kappa shape index (κ3) is 3.66. The van der Waals surface area contributed by atoms with Crippen molar-refractivity contribution < 1.29 is 9.72 Å². The van der Waals surface area contributed by atoms with E-state index in [0.717, 1.165) is 11.4 Å². The molecule has 1 aromatic rings. The Kier molecular flexibility index (Phi) is 4.67. The zero-order chi connectivity index (χ0) is 15.2. The number of amides is 1. The molecule has 108 valence electrons. The van der Waals surface area contributed by atoms with Crippen LogP contribution in [0.1, 0.15) is 38.2 Å². The van der Waals surface area contributed by atoms with Crippen molar-refractivity contribution in [2.75, 3.05) is 0 Å². The topological polar surface area (TPSA) is 75.8 Å². The normalized spacial score (nSPS) is 14.2. The lowest BCUT2D eigenvalue weighted by Crippen LogP contribution is -2.28. The minimum absolute atomic E-state index is 0.00992.